The summed E-state index contributed by atoms with van der Waals surface area (Å²) in [6.45, 7) is 18.8. The molecule has 174 valence electrons. The van der Waals surface area contributed by atoms with Crippen molar-refractivity contribution >= 4 is 0 Å². The predicted octanol–water partition coefficient (Wildman–Crippen LogP) is 6.47. The molecule has 2 atom stereocenters. The third-order valence-electron chi connectivity index (χ3n) is 5.39. The molecule has 0 fully saturated rings. The van der Waals surface area contributed by atoms with Crippen molar-refractivity contribution in [1.82, 2.24) is 14.8 Å². The number of nitrogens with zero attached hydrogens (tertiary/aromatic N) is 4. The highest BCUT2D eigenvalue weighted by molar-refractivity contribution is 5.51. The Bertz CT molecular complexity index is 942. The summed E-state index contributed by atoms with van der Waals surface area (Å²) in [5.74, 6) is 1.03. The van der Waals surface area contributed by atoms with Gasteiger partial charge in [0.2, 0.25) is 5.88 Å². The number of hydrogen-bond donors (Lipinski definition) is 1. The van der Waals surface area contributed by atoms with E-state index in [-0.39, 0.29) is 23.1 Å². The van der Waals surface area contributed by atoms with E-state index in [4.69, 9.17) is 10.5 Å². The summed E-state index contributed by atoms with van der Waals surface area (Å²) in [4.78, 5) is 3.99. The van der Waals surface area contributed by atoms with E-state index in [0.717, 1.165) is 29.0 Å². The van der Waals surface area contributed by atoms with Crippen LogP contribution in [0.3, 0.4) is 0 Å². The van der Waals surface area contributed by atoms with Gasteiger partial charge in [-0.1, -0.05) is 67.5 Å². The lowest BCUT2D eigenvalue weighted by atomic mass is 9.67. The molecule has 0 saturated heterocycles. The van der Waals surface area contributed by atoms with Gasteiger partial charge in [0, 0.05) is 5.92 Å². The standard InChI is InChI=1S/C22H27N5O.2C2H6/c1-6-18(22(3,4)5)19-14(2)28-21(24)17(11-23)20(19)15-7-9-16(10-8-15)27-13-25-12-26-27;2*1-2/h7-10,12-13,18,20H,6,24H2,1-5H3;2*1-2H3. The lowest BCUT2D eigenvalue weighted by molar-refractivity contribution is 0.222. The van der Waals surface area contributed by atoms with Crippen molar-refractivity contribution in [2.75, 3.05) is 0 Å². The van der Waals surface area contributed by atoms with Crippen molar-refractivity contribution in [2.24, 2.45) is 17.1 Å². The van der Waals surface area contributed by atoms with E-state index in [0.29, 0.717) is 5.57 Å². The zero-order chi connectivity index (χ0) is 24.5. The molecule has 0 aliphatic carbocycles. The van der Waals surface area contributed by atoms with E-state index >= 15 is 0 Å². The van der Waals surface area contributed by atoms with E-state index in [1.165, 1.54) is 6.33 Å². The van der Waals surface area contributed by atoms with Crippen LogP contribution in [-0.2, 0) is 4.74 Å². The van der Waals surface area contributed by atoms with Crippen molar-refractivity contribution in [1.29, 1.82) is 5.26 Å². The van der Waals surface area contributed by atoms with Crippen LogP contribution >= 0.6 is 0 Å². The van der Waals surface area contributed by atoms with Gasteiger partial charge in [-0.3, -0.25) is 0 Å². The van der Waals surface area contributed by atoms with Gasteiger partial charge in [-0.2, -0.15) is 10.4 Å². The molecule has 0 spiro atoms. The number of aromatic nitrogens is 3. The first-order valence-corrected chi connectivity index (χ1v) is 11.5. The first-order valence-electron chi connectivity index (χ1n) is 11.5. The number of nitriles is 1. The molecule has 2 N–H and O–H groups in total. The third-order valence-corrected chi connectivity index (χ3v) is 5.39. The molecule has 2 unspecified atom stereocenters. The fourth-order valence-electron chi connectivity index (χ4n) is 4.15. The van der Waals surface area contributed by atoms with Crippen LogP contribution in [0.25, 0.3) is 5.69 Å². The molecular formula is C26H39N5O. The summed E-state index contributed by atoms with van der Waals surface area (Å²) >= 11 is 0. The zero-order valence-electron chi connectivity index (χ0n) is 21.1. The summed E-state index contributed by atoms with van der Waals surface area (Å²) in [5.41, 5.74) is 9.67. The quantitative estimate of drug-likeness (QED) is 0.591. The van der Waals surface area contributed by atoms with Crippen molar-refractivity contribution < 1.29 is 4.74 Å². The lowest BCUT2D eigenvalue weighted by Gasteiger charge is -2.39. The fraction of sp³-hybridized carbons (Fsp3) is 0.500. The second kappa shape index (κ2) is 12.1. The monoisotopic (exact) mass is 437 g/mol. The highest BCUT2D eigenvalue weighted by Crippen LogP contribution is 2.48. The molecule has 1 aromatic carbocycles. The second-order valence-corrected chi connectivity index (χ2v) is 8.19. The van der Waals surface area contributed by atoms with Gasteiger partial charge in [0.05, 0.1) is 5.69 Å². The van der Waals surface area contributed by atoms with Crippen LogP contribution < -0.4 is 5.73 Å². The summed E-state index contributed by atoms with van der Waals surface area (Å²) in [6.07, 6.45) is 4.11. The minimum Gasteiger partial charge on any atom is -0.445 e. The van der Waals surface area contributed by atoms with Crippen LogP contribution in [0.2, 0.25) is 0 Å². The molecule has 32 heavy (non-hydrogen) atoms. The average Bonchev–Trinajstić information content (AvgIpc) is 3.32. The Hall–Kier alpha value is -3.07. The van der Waals surface area contributed by atoms with Gasteiger partial charge < -0.3 is 10.5 Å². The number of benzene rings is 1. The van der Waals surface area contributed by atoms with Gasteiger partial charge in [-0.15, -0.1) is 0 Å². The number of allylic oxidation sites excluding steroid dienone is 3. The zero-order valence-corrected chi connectivity index (χ0v) is 21.1. The number of rotatable bonds is 4. The Morgan fingerprint density at radius 1 is 1.16 bits per heavy atom. The van der Waals surface area contributed by atoms with Crippen LogP contribution in [0.5, 0.6) is 0 Å². The number of hydrogen-bond acceptors (Lipinski definition) is 5. The molecule has 6 nitrogen and oxygen atoms in total. The summed E-state index contributed by atoms with van der Waals surface area (Å²) in [5, 5.41) is 14.0. The Labute approximate surface area is 193 Å². The van der Waals surface area contributed by atoms with E-state index in [1.807, 2.05) is 58.9 Å². The number of ether oxygens (including phenoxy) is 1. The third kappa shape index (κ3) is 5.79. The van der Waals surface area contributed by atoms with Gasteiger partial charge >= 0.3 is 0 Å². The minimum atomic E-state index is -0.215. The fourth-order valence-corrected chi connectivity index (χ4v) is 4.15. The van der Waals surface area contributed by atoms with Crippen molar-refractivity contribution in [3.8, 4) is 11.8 Å². The normalized spacial score (nSPS) is 16.7. The summed E-state index contributed by atoms with van der Waals surface area (Å²) in [7, 11) is 0. The summed E-state index contributed by atoms with van der Waals surface area (Å²) < 4.78 is 7.51. The van der Waals surface area contributed by atoms with Crippen molar-refractivity contribution in [3.05, 3.63) is 65.3 Å². The first-order chi connectivity index (χ1) is 15.3. The molecule has 2 aromatic rings. The largest absolute Gasteiger partial charge is 0.445 e. The summed E-state index contributed by atoms with van der Waals surface area (Å²) in [6, 6.07) is 10.3. The van der Waals surface area contributed by atoms with E-state index in [1.54, 1.807) is 11.0 Å². The van der Waals surface area contributed by atoms with Crippen LogP contribution in [0, 0.1) is 22.7 Å². The van der Waals surface area contributed by atoms with Gasteiger partial charge in [-0.25, -0.2) is 9.67 Å². The smallest absolute Gasteiger partial charge is 0.205 e. The average molecular weight is 438 g/mol. The van der Waals surface area contributed by atoms with Crippen molar-refractivity contribution in [3.63, 3.8) is 0 Å². The molecular weight excluding hydrogens is 398 g/mol. The molecule has 1 aliphatic rings. The van der Waals surface area contributed by atoms with Crippen LogP contribution in [0.15, 0.2) is 59.7 Å². The van der Waals surface area contributed by atoms with E-state index < -0.39 is 0 Å². The van der Waals surface area contributed by atoms with Crippen LogP contribution in [-0.4, -0.2) is 14.8 Å². The van der Waals surface area contributed by atoms with Gasteiger partial charge in [-0.05, 0) is 47.9 Å². The SMILES string of the molecule is CC.CC.CCC(C1=C(C)OC(N)=C(C#N)C1c1ccc(-n2cncn2)cc1)C(C)(C)C. The molecule has 1 aromatic heterocycles. The Morgan fingerprint density at radius 2 is 1.75 bits per heavy atom. The maximum absolute atomic E-state index is 9.85. The van der Waals surface area contributed by atoms with E-state index in [9.17, 15) is 5.26 Å². The maximum atomic E-state index is 9.85. The lowest BCUT2D eigenvalue weighted by Crippen LogP contribution is -2.30. The van der Waals surface area contributed by atoms with E-state index in [2.05, 4.69) is 43.8 Å². The highest BCUT2D eigenvalue weighted by atomic mass is 16.5. The van der Waals surface area contributed by atoms with Crippen LogP contribution in [0.1, 0.15) is 80.2 Å². The Kier molecular flexibility index (Phi) is 10.2. The highest BCUT2D eigenvalue weighted by Gasteiger charge is 2.39. The molecule has 2 heterocycles. The second-order valence-electron chi connectivity index (χ2n) is 8.19. The molecule has 0 radical (unpaired) electrons. The molecule has 1 aliphatic heterocycles. The Morgan fingerprint density at radius 3 is 2.19 bits per heavy atom. The molecule has 0 bridgehead atoms. The molecule has 3 rings (SSSR count). The predicted molar refractivity (Wildman–Crippen MR) is 131 cm³/mol. The van der Waals surface area contributed by atoms with Crippen LogP contribution in [0.4, 0.5) is 0 Å². The molecule has 6 heteroatoms. The molecule has 0 saturated carbocycles. The minimum absolute atomic E-state index is 0.0281. The van der Waals surface area contributed by atoms with Gasteiger partial charge in [0.1, 0.15) is 30.1 Å². The van der Waals surface area contributed by atoms with Gasteiger partial charge in [0.25, 0.3) is 0 Å². The number of nitrogens with two attached hydrogens (primary N) is 1. The topological polar surface area (TPSA) is 89.8 Å². The van der Waals surface area contributed by atoms with Crippen molar-refractivity contribution in [2.45, 2.75) is 74.7 Å². The molecule has 0 amide bonds. The Balaban J connectivity index is 0.00000121. The van der Waals surface area contributed by atoms with Gasteiger partial charge in [0.15, 0.2) is 0 Å². The first kappa shape index (κ1) is 27.0. The maximum Gasteiger partial charge on any atom is 0.205 e.